The molecule has 1 heterocycles. The summed E-state index contributed by atoms with van der Waals surface area (Å²) >= 11 is 1.60. The number of thioether (sulfide) groups is 1. The molecule has 0 spiro atoms. The van der Waals surface area contributed by atoms with Crippen LogP contribution in [0.25, 0.3) is 0 Å². The second-order valence-corrected chi connectivity index (χ2v) is 5.30. The van der Waals surface area contributed by atoms with Crippen LogP contribution in [0.4, 0.5) is 0 Å². The van der Waals surface area contributed by atoms with E-state index in [-0.39, 0.29) is 5.91 Å². The van der Waals surface area contributed by atoms with Crippen LogP contribution >= 0.6 is 11.8 Å². The summed E-state index contributed by atoms with van der Waals surface area (Å²) in [6.45, 7) is 0. The van der Waals surface area contributed by atoms with Crippen molar-refractivity contribution in [3.63, 3.8) is 0 Å². The highest BCUT2D eigenvalue weighted by molar-refractivity contribution is 7.98. The third kappa shape index (κ3) is 3.35. The molecule has 0 unspecified atom stereocenters. The van der Waals surface area contributed by atoms with Crippen molar-refractivity contribution in [3.8, 4) is 0 Å². The zero-order chi connectivity index (χ0) is 13.8. The molecule has 0 aliphatic carbocycles. The average Bonchev–Trinajstić information content (AvgIpc) is 2.81. The lowest BCUT2D eigenvalue weighted by Gasteiger charge is -2.11. The molecule has 0 bridgehead atoms. The van der Waals surface area contributed by atoms with Gasteiger partial charge in [-0.15, -0.1) is 0 Å². The Hall–Kier alpha value is -1.82. The molecule has 100 valence electrons. The Balaban J connectivity index is 2.07. The predicted molar refractivity (Wildman–Crippen MR) is 75.0 cm³/mol. The number of aryl methyl sites for hydroxylation is 1. The van der Waals surface area contributed by atoms with E-state index in [4.69, 9.17) is 0 Å². The van der Waals surface area contributed by atoms with Crippen LogP contribution in [0.15, 0.2) is 35.7 Å². The van der Waals surface area contributed by atoms with Crippen molar-refractivity contribution < 1.29 is 4.79 Å². The van der Waals surface area contributed by atoms with Crippen LogP contribution in [-0.2, 0) is 12.8 Å². The Bertz CT molecular complexity index is 580. The van der Waals surface area contributed by atoms with Gasteiger partial charge in [-0.2, -0.15) is 5.10 Å². The number of hydrogen-bond acceptors (Lipinski definition) is 4. The maximum atomic E-state index is 11.9. The molecule has 1 aromatic carbocycles. The summed E-state index contributed by atoms with van der Waals surface area (Å²) in [5.74, 6) is 0.784. The zero-order valence-corrected chi connectivity index (χ0v) is 12.0. The highest BCUT2D eigenvalue weighted by Crippen LogP contribution is 2.20. The molecule has 1 amide bonds. The van der Waals surface area contributed by atoms with Gasteiger partial charge in [-0.05, 0) is 17.7 Å². The first-order valence-electron chi connectivity index (χ1n) is 5.85. The van der Waals surface area contributed by atoms with Gasteiger partial charge in [0.2, 0.25) is 0 Å². The molecule has 5 nitrogen and oxygen atoms in total. The van der Waals surface area contributed by atoms with E-state index in [1.807, 2.05) is 31.3 Å². The number of hydrogen-bond donors (Lipinski definition) is 0. The van der Waals surface area contributed by atoms with Gasteiger partial charge >= 0.3 is 0 Å². The molecule has 0 saturated carbocycles. The number of rotatable bonds is 4. The number of aromatic nitrogens is 3. The minimum atomic E-state index is 0.0190. The summed E-state index contributed by atoms with van der Waals surface area (Å²) in [5, 5.41) is 4.89. The third-order valence-corrected chi connectivity index (χ3v) is 3.72. The summed E-state index contributed by atoms with van der Waals surface area (Å²) in [5.41, 5.74) is 1.81. The van der Waals surface area contributed by atoms with E-state index in [1.54, 1.807) is 35.4 Å². The highest BCUT2D eigenvalue weighted by atomic mass is 32.2. The molecule has 0 fully saturated rings. The topological polar surface area (TPSA) is 51.0 Å². The molecular formula is C13H16N4OS. The molecule has 2 rings (SSSR count). The van der Waals surface area contributed by atoms with Crippen LogP contribution in [0.1, 0.15) is 15.9 Å². The van der Waals surface area contributed by atoms with Crippen LogP contribution in [-0.4, -0.2) is 39.7 Å². The molecule has 0 atom stereocenters. The van der Waals surface area contributed by atoms with Gasteiger partial charge in [-0.25, -0.2) is 9.67 Å². The van der Waals surface area contributed by atoms with Gasteiger partial charge in [-0.3, -0.25) is 4.79 Å². The molecule has 6 heteroatoms. The Morgan fingerprint density at radius 2 is 2.21 bits per heavy atom. The van der Waals surface area contributed by atoms with E-state index >= 15 is 0 Å². The van der Waals surface area contributed by atoms with Crippen molar-refractivity contribution in [1.29, 1.82) is 0 Å². The van der Waals surface area contributed by atoms with Gasteiger partial charge < -0.3 is 4.90 Å². The molecule has 2 aromatic rings. The monoisotopic (exact) mass is 276 g/mol. The van der Waals surface area contributed by atoms with Gasteiger partial charge in [0.25, 0.3) is 5.91 Å². The number of benzene rings is 1. The van der Waals surface area contributed by atoms with E-state index in [1.165, 1.54) is 6.33 Å². The summed E-state index contributed by atoms with van der Waals surface area (Å²) in [6.07, 6.45) is 1.54. The Morgan fingerprint density at radius 3 is 2.84 bits per heavy atom. The third-order valence-electron chi connectivity index (χ3n) is 2.62. The van der Waals surface area contributed by atoms with Crippen LogP contribution in [0.5, 0.6) is 0 Å². The smallest absolute Gasteiger partial charge is 0.253 e. The fraction of sp³-hybridized carbons (Fsp3) is 0.308. The normalized spacial score (nSPS) is 10.5. The Kier molecular flexibility index (Phi) is 4.21. The molecule has 0 radical (unpaired) electrons. The quantitative estimate of drug-likeness (QED) is 0.799. The zero-order valence-electron chi connectivity index (χ0n) is 11.2. The lowest BCUT2D eigenvalue weighted by molar-refractivity contribution is 0.0827. The SMILES string of the molecule is CN(C)C(=O)c1cccc(CSc2ncnn2C)c1. The molecule has 19 heavy (non-hydrogen) atoms. The van der Waals surface area contributed by atoms with E-state index < -0.39 is 0 Å². The molecular weight excluding hydrogens is 260 g/mol. The van der Waals surface area contributed by atoms with E-state index in [2.05, 4.69) is 10.1 Å². The van der Waals surface area contributed by atoms with Crippen LogP contribution in [0.3, 0.4) is 0 Å². The molecule has 1 aromatic heterocycles. The fourth-order valence-corrected chi connectivity index (χ4v) is 2.45. The fourth-order valence-electron chi connectivity index (χ4n) is 1.62. The average molecular weight is 276 g/mol. The first kappa shape index (κ1) is 13.6. The largest absolute Gasteiger partial charge is 0.345 e. The number of carbonyl (C=O) groups is 1. The second kappa shape index (κ2) is 5.88. The Labute approximate surface area is 116 Å². The first-order valence-corrected chi connectivity index (χ1v) is 6.84. The lowest BCUT2D eigenvalue weighted by Crippen LogP contribution is -2.21. The summed E-state index contributed by atoms with van der Waals surface area (Å²) in [4.78, 5) is 17.6. The maximum absolute atomic E-state index is 11.9. The van der Waals surface area contributed by atoms with Crippen molar-refractivity contribution in [2.24, 2.45) is 7.05 Å². The van der Waals surface area contributed by atoms with Crippen molar-refractivity contribution in [2.45, 2.75) is 10.9 Å². The minimum Gasteiger partial charge on any atom is -0.345 e. The van der Waals surface area contributed by atoms with Crippen molar-refractivity contribution in [2.75, 3.05) is 14.1 Å². The first-order chi connectivity index (χ1) is 9.08. The maximum Gasteiger partial charge on any atom is 0.253 e. The molecule has 0 aliphatic heterocycles. The van der Waals surface area contributed by atoms with Crippen molar-refractivity contribution in [3.05, 3.63) is 41.7 Å². The summed E-state index contributed by atoms with van der Waals surface area (Å²) in [7, 11) is 5.37. The summed E-state index contributed by atoms with van der Waals surface area (Å²) < 4.78 is 1.74. The van der Waals surface area contributed by atoms with Crippen LogP contribution in [0.2, 0.25) is 0 Å². The van der Waals surface area contributed by atoms with Gasteiger partial charge in [-0.1, -0.05) is 23.9 Å². The predicted octanol–water partition coefficient (Wildman–Crippen LogP) is 1.81. The van der Waals surface area contributed by atoms with E-state index in [0.29, 0.717) is 5.56 Å². The number of nitrogens with zero attached hydrogens (tertiary/aromatic N) is 4. The van der Waals surface area contributed by atoms with Crippen molar-refractivity contribution in [1.82, 2.24) is 19.7 Å². The van der Waals surface area contributed by atoms with Gasteiger partial charge in [0.15, 0.2) is 5.16 Å². The molecule has 0 saturated heterocycles. The van der Waals surface area contributed by atoms with Crippen LogP contribution in [0, 0.1) is 0 Å². The summed E-state index contributed by atoms with van der Waals surface area (Å²) in [6, 6.07) is 7.67. The van der Waals surface area contributed by atoms with E-state index in [0.717, 1.165) is 16.5 Å². The number of carbonyl (C=O) groups excluding carboxylic acids is 1. The second-order valence-electron chi connectivity index (χ2n) is 4.35. The van der Waals surface area contributed by atoms with Gasteiger partial charge in [0.1, 0.15) is 6.33 Å². The van der Waals surface area contributed by atoms with Gasteiger partial charge in [0, 0.05) is 32.5 Å². The lowest BCUT2D eigenvalue weighted by atomic mass is 10.1. The molecule has 0 aliphatic rings. The van der Waals surface area contributed by atoms with E-state index in [9.17, 15) is 4.79 Å². The standard InChI is InChI=1S/C13H16N4OS/c1-16(2)12(18)11-6-4-5-10(7-11)8-19-13-14-9-15-17(13)3/h4-7,9H,8H2,1-3H3. The molecule has 0 N–H and O–H groups in total. The minimum absolute atomic E-state index is 0.0190. The van der Waals surface area contributed by atoms with Gasteiger partial charge in [0.05, 0.1) is 0 Å². The van der Waals surface area contributed by atoms with Crippen LogP contribution < -0.4 is 0 Å². The highest BCUT2D eigenvalue weighted by Gasteiger charge is 2.09. The Morgan fingerprint density at radius 1 is 1.42 bits per heavy atom. The van der Waals surface area contributed by atoms with Crippen molar-refractivity contribution >= 4 is 17.7 Å². The number of amides is 1.